The third-order valence-corrected chi connectivity index (χ3v) is 6.86. The molecule has 8 nitrogen and oxygen atoms in total. The van der Waals surface area contributed by atoms with E-state index in [1.54, 1.807) is 17.7 Å². The average Bonchev–Trinajstić information content (AvgIpc) is 3.26. The van der Waals surface area contributed by atoms with Crippen LogP contribution in [0.2, 0.25) is 0 Å². The molecule has 0 amide bonds. The first-order valence-electron chi connectivity index (χ1n) is 11.4. The molecule has 1 aliphatic rings. The van der Waals surface area contributed by atoms with Gasteiger partial charge in [0.2, 0.25) is 0 Å². The lowest BCUT2D eigenvalue weighted by atomic mass is 10.0. The Morgan fingerprint density at radius 1 is 1.22 bits per heavy atom. The molecular weight excluding hydrogens is 490 g/mol. The molecule has 3 heterocycles. The van der Waals surface area contributed by atoms with E-state index in [1.807, 2.05) is 0 Å². The van der Waals surface area contributed by atoms with Crippen molar-refractivity contribution in [1.29, 1.82) is 0 Å². The maximum absolute atomic E-state index is 13.4. The van der Waals surface area contributed by atoms with Gasteiger partial charge in [0.15, 0.2) is 0 Å². The summed E-state index contributed by atoms with van der Waals surface area (Å²) in [6.45, 7) is 6.84. The van der Waals surface area contributed by atoms with Crippen molar-refractivity contribution in [2.75, 3.05) is 18.4 Å². The normalized spacial score (nSPS) is 14.6. The Labute approximate surface area is 211 Å². The Morgan fingerprint density at radius 2 is 1.92 bits per heavy atom. The van der Waals surface area contributed by atoms with Crippen LogP contribution in [0.25, 0.3) is 10.2 Å². The molecule has 1 fully saturated rings. The van der Waals surface area contributed by atoms with Crippen molar-refractivity contribution in [3.63, 3.8) is 0 Å². The van der Waals surface area contributed by atoms with E-state index in [2.05, 4.69) is 44.8 Å². The number of carboxylic acid groups (broad SMARTS) is 1. The summed E-state index contributed by atoms with van der Waals surface area (Å²) in [5.74, 6) is -0.805. The number of anilines is 1. The number of nitrogens with one attached hydrogen (secondary N) is 1. The highest BCUT2D eigenvalue weighted by atomic mass is 32.1. The van der Waals surface area contributed by atoms with Crippen LogP contribution in [0, 0.1) is 11.6 Å². The molecule has 11 heteroatoms. The van der Waals surface area contributed by atoms with Crippen molar-refractivity contribution in [3.05, 3.63) is 65.0 Å². The first-order valence-corrected chi connectivity index (χ1v) is 12.2. The maximum Gasteiger partial charge on any atom is 0.331 e. The third kappa shape index (κ3) is 8.06. The Balaban J connectivity index is 0.000000392. The number of benzene rings is 1. The fourth-order valence-corrected chi connectivity index (χ4v) is 4.79. The van der Waals surface area contributed by atoms with E-state index in [1.165, 1.54) is 17.0 Å². The molecule has 3 aromatic rings. The smallest absolute Gasteiger partial charge is 0.331 e. The van der Waals surface area contributed by atoms with E-state index in [4.69, 9.17) is 5.11 Å². The molecule has 1 aromatic carbocycles. The second-order valence-electron chi connectivity index (χ2n) is 8.59. The molecule has 0 atom stereocenters. The molecule has 2 N–H and O–H groups in total. The lowest BCUT2D eigenvalue weighted by molar-refractivity contribution is -0.131. The molecule has 2 aromatic heterocycles. The highest BCUT2D eigenvalue weighted by Gasteiger charge is 2.21. The minimum absolute atomic E-state index is 0.138. The number of likely N-dealkylation sites (tertiary alicyclic amines) is 1. The number of halogens is 2. The van der Waals surface area contributed by atoms with Gasteiger partial charge in [-0.1, -0.05) is 13.8 Å². The van der Waals surface area contributed by atoms with Gasteiger partial charge in [-0.15, -0.1) is 11.3 Å². The molecule has 0 saturated carbocycles. The SMILES string of the molecule is CC(C)c1cc2c(NC3CCN(Cc4cc(F)cc(F)c4)CC3)ncnc2s1.O=CO/C=C\C(=O)O. The number of fused-ring (bicyclic) bond motifs is 1. The van der Waals surface area contributed by atoms with Gasteiger partial charge in [0.1, 0.15) is 34.9 Å². The zero-order valence-corrected chi connectivity index (χ0v) is 20.8. The zero-order valence-electron chi connectivity index (χ0n) is 20.0. The first-order chi connectivity index (χ1) is 17.2. The quantitative estimate of drug-likeness (QED) is 0.246. The van der Waals surface area contributed by atoms with Gasteiger partial charge in [0, 0.05) is 36.6 Å². The maximum atomic E-state index is 13.4. The Morgan fingerprint density at radius 3 is 2.53 bits per heavy atom. The van der Waals surface area contributed by atoms with Crippen LogP contribution in [0.15, 0.2) is 42.9 Å². The molecule has 192 valence electrons. The number of carbonyl (C=O) groups is 2. The number of hydrogen-bond acceptors (Lipinski definition) is 8. The van der Waals surface area contributed by atoms with Crippen LogP contribution in [-0.4, -0.2) is 51.5 Å². The number of aliphatic carboxylic acids is 1. The average molecular weight is 519 g/mol. The number of piperidine rings is 1. The number of thiophene rings is 1. The van der Waals surface area contributed by atoms with Gasteiger partial charge in [0.05, 0.1) is 11.5 Å². The first kappa shape index (κ1) is 27.2. The van der Waals surface area contributed by atoms with Gasteiger partial charge in [0.25, 0.3) is 6.47 Å². The second kappa shape index (κ2) is 13.0. The minimum atomic E-state index is -1.15. The van der Waals surface area contributed by atoms with Crippen LogP contribution in [0.4, 0.5) is 14.6 Å². The Hall–Kier alpha value is -3.44. The van der Waals surface area contributed by atoms with Gasteiger partial charge < -0.3 is 15.2 Å². The third-order valence-electron chi connectivity index (χ3n) is 5.52. The van der Waals surface area contributed by atoms with E-state index in [0.717, 1.165) is 54.3 Å². The number of hydrogen-bond donors (Lipinski definition) is 2. The standard InChI is InChI=1S/C21H24F2N4S.C4H4O4/c1-13(2)19-10-18-20(24-12-25-21(18)28-19)26-17-3-5-27(6-4-17)11-14-7-15(22)9-16(23)8-14;5-3-8-2-1-4(6)7/h7-10,12-13,17H,3-6,11H2,1-2H3,(H,24,25,26);1-3H,(H,6,7)/b;2-1-. The van der Waals surface area contributed by atoms with Gasteiger partial charge in [-0.25, -0.2) is 23.5 Å². The zero-order chi connectivity index (χ0) is 26.1. The summed E-state index contributed by atoms with van der Waals surface area (Å²) < 4.78 is 30.7. The number of aromatic nitrogens is 2. The summed E-state index contributed by atoms with van der Waals surface area (Å²) in [6, 6.07) is 6.26. The molecule has 0 bridgehead atoms. The number of nitrogens with zero attached hydrogens (tertiary/aromatic N) is 3. The predicted octanol–water partition coefficient (Wildman–Crippen LogP) is 4.93. The summed E-state index contributed by atoms with van der Waals surface area (Å²) >= 11 is 1.72. The van der Waals surface area contributed by atoms with Gasteiger partial charge in [-0.2, -0.15) is 0 Å². The number of ether oxygens (including phenoxy) is 1. The van der Waals surface area contributed by atoms with E-state index in [9.17, 15) is 18.4 Å². The van der Waals surface area contributed by atoms with E-state index < -0.39 is 17.6 Å². The van der Waals surface area contributed by atoms with Gasteiger partial charge in [-0.3, -0.25) is 9.69 Å². The van der Waals surface area contributed by atoms with Gasteiger partial charge >= 0.3 is 5.97 Å². The molecule has 0 aliphatic carbocycles. The van der Waals surface area contributed by atoms with E-state index >= 15 is 0 Å². The molecule has 0 spiro atoms. The van der Waals surface area contributed by atoms with Crippen LogP contribution >= 0.6 is 11.3 Å². The highest BCUT2D eigenvalue weighted by Crippen LogP contribution is 2.33. The van der Waals surface area contributed by atoms with Crippen LogP contribution in [-0.2, 0) is 20.9 Å². The molecule has 0 unspecified atom stereocenters. The topological polar surface area (TPSA) is 105 Å². The largest absolute Gasteiger partial charge is 0.478 e. The second-order valence-corrected chi connectivity index (χ2v) is 9.65. The Bertz CT molecular complexity index is 1190. The summed E-state index contributed by atoms with van der Waals surface area (Å²) in [7, 11) is 0. The van der Waals surface area contributed by atoms with Crippen molar-refractivity contribution in [2.45, 2.75) is 45.2 Å². The summed E-state index contributed by atoms with van der Waals surface area (Å²) in [5, 5.41) is 12.5. The summed E-state index contributed by atoms with van der Waals surface area (Å²) in [5.41, 5.74) is 0.681. The van der Waals surface area contributed by atoms with Crippen molar-refractivity contribution >= 4 is 39.8 Å². The fourth-order valence-electron chi connectivity index (χ4n) is 3.79. The predicted molar refractivity (Wildman–Crippen MR) is 134 cm³/mol. The minimum Gasteiger partial charge on any atom is -0.478 e. The molecule has 0 radical (unpaired) electrons. The summed E-state index contributed by atoms with van der Waals surface area (Å²) in [6.07, 6.45) is 5.05. The van der Waals surface area contributed by atoms with Crippen molar-refractivity contribution < 1.29 is 28.2 Å². The molecule has 1 aliphatic heterocycles. The van der Waals surface area contributed by atoms with Crippen LogP contribution < -0.4 is 5.32 Å². The number of rotatable bonds is 8. The van der Waals surface area contributed by atoms with Crippen LogP contribution in [0.3, 0.4) is 0 Å². The van der Waals surface area contributed by atoms with E-state index in [-0.39, 0.29) is 6.47 Å². The molecular formula is C25H28F2N4O4S. The van der Waals surface area contributed by atoms with Crippen molar-refractivity contribution in [1.82, 2.24) is 14.9 Å². The number of carboxylic acids is 1. The van der Waals surface area contributed by atoms with Crippen molar-refractivity contribution in [3.8, 4) is 0 Å². The van der Waals surface area contributed by atoms with Gasteiger partial charge in [-0.05, 0) is 42.5 Å². The number of carbonyl (C=O) groups excluding carboxylic acids is 1. The van der Waals surface area contributed by atoms with Crippen LogP contribution in [0.1, 0.15) is 43.0 Å². The molecule has 36 heavy (non-hydrogen) atoms. The monoisotopic (exact) mass is 518 g/mol. The fraction of sp³-hybridized carbons (Fsp3) is 0.360. The highest BCUT2D eigenvalue weighted by molar-refractivity contribution is 7.18. The van der Waals surface area contributed by atoms with Crippen molar-refractivity contribution in [2.24, 2.45) is 0 Å². The van der Waals surface area contributed by atoms with Crippen LogP contribution in [0.5, 0.6) is 0 Å². The lowest BCUT2D eigenvalue weighted by Gasteiger charge is -2.32. The molecule has 1 saturated heterocycles. The Kier molecular flexibility index (Phi) is 9.83. The lowest BCUT2D eigenvalue weighted by Crippen LogP contribution is -2.38. The van der Waals surface area contributed by atoms with E-state index in [0.29, 0.717) is 30.1 Å². The summed E-state index contributed by atoms with van der Waals surface area (Å²) in [4.78, 5) is 32.4. The molecule has 4 rings (SSSR count).